The number of hydrogen-bond donors (Lipinski definition) is 3. The molecule has 6 nitrogen and oxygen atoms in total. The first-order valence-electron chi connectivity index (χ1n) is 6.83. The number of hydrogen-bond acceptors (Lipinski definition) is 3. The smallest absolute Gasteiger partial charge is 0.315 e. The molecule has 0 heterocycles. The van der Waals surface area contributed by atoms with Crippen molar-refractivity contribution < 1.29 is 19.5 Å². The van der Waals surface area contributed by atoms with Crippen LogP contribution in [0.5, 0.6) is 0 Å². The average molecular weight is 327 g/mol. The summed E-state index contributed by atoms with van der Waals surface area (Å²) in [4.78, 5) is 34.3. The summed E-state index contributed by atoms with van der Waals surface area (Å²) in [5.74, 6) is -3.02. The molecule has 1 aromatic rings. The Labute approximate surface area is 133 Å². The monoisotopic (exact) mass is 326 g/mol. The van der Waals surface area contributed by atoms with Gasteiger partial charge in [0.15, 0.2) is 0 Å². The van der Waals surface area contributed by atoms with E-state index in [2.05, 4.69) is 10.6 Å². The van der Waals surface area contributed by atoms with Crippen LogP contribution in [0.25, 0.3) is 0 Å². The summed E-state index contributed by atoms with van der Waals surface area (Å²) in [6.07, 6.45) is 0. The first-order valence-corrected chi connectivity index (χ1v) is 7.21. The van der Waals surface area contributed by atoms with Crippen molar-refractivity contribution in [1.29, 1.82) is 0 Å². The molecule has 0 bridgehead atoms. The summed E-state index contributed by atoms with van der Waals surface area (Å²) in [6.45, 7) is 5.77. The third kappa shape index (κ3) is 5.04. The van der Waals surface area contributed by atoms with Gasteiger partial charge in [0.25, 0.3) is 5.91 Å². The zero-order chi connectivity index (χ0) is 16.9. The van der Waals surface area contributed by atoms with Crippen molar-refractivity contribution in [2.75, 3.05) is 11.9 Å². The molecule has 0 saturated carbocycles. The number of nitrogens with one attached hydrogen (secondary N) is 2. The van der Waals surface area contributed by atoms with Crippen LogP contribution in [0.3, 0.4) is 0 Å². The lowest BCUT2D eigenvalue weighted by molar-refractivity contribution is -0.144. The van der Waals surface area contributed by atoms with Crippen LogP contribution in [0.2, 0.25) is 5.02 Å². The highest BCUT2D eigenvalue weighted by Crippen LogP contribution is 2.21. The Morgan fingerprint density at radius 2 is 1.86 bits per heavy atom. The fraction of sp³-hybridized carbons (Fsp3) is 0.400. The summed E-state index contributed by atoms with van der Waals surface area (Å²) in [5.41, 5.74) is 0.634. The number of carboxylic acids is 1. The lowest BCUT2D eigenvalue weighted by atomic mass is 10.1. The van der Waals surface area contributed by atoms with Crippen molar-refractivity contribution in [2.24, 2.45) is 11.8 Å². The van der Waals surface area contributed by atoms with Crippen molar-refractivity contribution in [3.63, 3.8) is 0 Å². The molecule has 1 atom stereocenters. The summed E-state index contributed by atoms with van der Waals surface area (Å²) in [7, 11) is 0. The summed E-state index contributed by atoms with van der Waals surface area (Å²) < 4.78 is 0. The first kappa shape index (κ1) is 18.0. The van der Waals surface area contributed by atoms with E-state index in [9.17, 15) is 14.4 Å². The topological polar surface area (TPSA) is 95.5 Å². The van der Waals surface area contributed by atoms with E-state index < -0.39 is 17.8 Å². The summed E-state index contributed by atoms with van der Waals surface area (Å²) in [5, 5.41) is 14.1. The number of benzene rings is 1. The molecule has 120 valence electrons. The Bertz CT molecular complexity index is 587. The highest BCUT2D eigenvalue weighted by atomic mass is 35.5. The van der Waals surface area contributed by atoms with E-state index in [1.165, 1.54) is 25.1 Å². The van der Waals surface area contributed by atoms with E-state index in [4.69, 9.17) is 16.7 Å². The number of halogens is 1. The Kier molecular flexibility index (Phi) is 6.37. The quantitative estimate of drug-likeness (QED) is 0.699. The van der Waals surface area contributed by atoms with Crippen LogP contribution >= 0.6 is 11.6 Å². The maximum absolute atomic E-state index is 11.9. The van der Waals surface area contributed by atoms with Gasteiger partial charge in [-0.15, -0.1) is 0 Å². The zero-order valence-electron chi connectivity index (χ0n) is 12.6. The van der Waals surface area contributed by atoms with Crippen molar-refractivity contribution in [3.05, 3.63) is 28.8 Å². The van der Waals surface area contributed by atoms with Gasteiger partial charge >= 0.3 is 5.97 Å². The maximum Gasteiger partial charge on any atom is 0.315 e. The molecule has 7 heteroatoms. The van der Waals surface area contributed by atoms with Gasteiger partial charge < -0.3 is 15.7 Å². The van der Waals surface area contributed by atoms with Crippen LogP contribution in [0.1, 0.15) is 31.1 Å². The summed E-state index contributed by atoms with van der Waals surface area (Å²) >= 11 is 6.04. The largest absolute Gasteiger partial charge is 0.481 e. The molecule has 3 N–H and O–H groups in total. The number of rotatable bonds is 6. The number of amides is 2. The second-order valence-electron chi connectivity index (χ2n) is 5.35. The summed E-state index contributed by atoms with van der Waals surface area (Å²) in [6, 6.07) is 4.40. The second kappa shape index (κ2) is 7.79. The number of carbonyl (C=O) groups is 3. The molecule has 22 heavy (non-hydrogen) atoms. The third-order valence-electron chi connectivity index (χ3n) is 2.92. The van der Waals surface area contributed by atoms with Gasteiger partial charge in [-0.3, -0.25) is 14.4 Å². The number of aliphatic carboxylic acids is 1. The lowest BCUT2D eigenvalue weighted by Gasteiger charge is -2.11. The number of carbonyl (C=O) groups excluding carboxylic acids is 2. The van der Waals surface area contributed by atoms with Crippen LogP contribution in [-0.2, 0) is 9.59 Å². The predicted octanol–water partition coefficient (Wildman–Crippen LogP) is 2.38. The highest BCUT2D eigenvalue weighted by molar-refractivity contribution is 6.34. The molecule has 2 amide bonds. The van der Waals surface area contributed by atoms with Gasteiger partial charge in [0.2, 0.25) is 5.91 Å². The zero-order valence-corrected chi connectivity index (χ0v) is 13.4. The minimum atomic E-state index is -1.21. The van der Waals surface area contributed by atoms with E-state index in [1.54, 1.807) is 0 Å². The fourth-order valence-corrected chi connectivity index (χ4v) is 1.80. The highest BCUT2D eigenvalue weighted by Gasteiger charge is 2.21. The molecule has 0 aliphatic rings. The van der Waals surface area contributed by atoms with Crippen molar-refractivity contribution in [2.45, 2.75) is 20.8 Å². The molecular weight excluding hydrogens is 308 g/mol. The Balaban J connectivity index is 2.79. The molecule has 0 saturated heterocycles. The Morgan fingerprint density at radius 1 is 1.23 bits per heavy atom. The molecular formula is C15H19ClN2O4. The average Bonchev–Trinajstić information content (AvgIpc) is 2.43. The number of anilines is 1. The Hall–Kier alpha value is -2.08. The number of carboxylic acid groups (broad SMARTS) is 1. The van der Waals surface area contributed by atoms with Gasteiger partial charge in [-0.05, 0) is 31.0 Å². The van der Waals surface area contributed by atoms with Gasteiger partial charge in [0, 0.05) is 12.2 Å². The van der Waals surface area contributed by atoms with Crippen LogP contribution in [0.4, 0.5) is 5.69 Å². The second-order valence-corrected chi connectivity index (χ2v) is 5.75. The van der Waals surface area contributed by atoms with Crippen LogP contribution in [0, 0.1) is 11.8 Å². The van der Waals surface area contributed by atoms with Crippen molar-refractivity contribution >= 4 is 35.1 Å². The molecule has 1 rings (SSSR count). The molecule has 0 aliphatic carbocycles. The van der Waals surface area contributed by atoms with Gasteiger partial charge in [0.1, 0.15) is 5.92 Å². The van der Waals surface area contributed by atoms with E-state index >= 15 is 0 Å². The molecule has 0 spiro atoms. The van der Waals surface area contributed by atoms with Gasteiger partial charge in [0.05, 0.1) is 10.6 Å². The van der Waals surface area contributed by atoms with Crippen molar-refractivity contribution in [1.82, 2.24) is 5.32 Å². The van der Waals surface area contributed by atoms with Crippen molar-refractivity contribution in [3.8, 4) is 0 Å². The third-order valence-corrected chi connectivity index (χ3v) is 3.23. The predicted molar refractivity (Wildman–Crippen MR) is 84.1 cm³/mol. The van der Waals surface area contributed by atoms with Crippen LogP contribution < -0.4 is 10.6 Å². The lowest BCUT2D eigenvalue weighted by Crippen LogP contribution is -2.28. The van der Waals surface area contributed by atoms with E-state index in [0.29, 0.717) is 23.7 Å². The van der Waals surface area contributed by atoms with Crippen LogP contribution in [-0.4, -0.2) is 29.4 Å². The first-order chi connectivity index (χ1) is 10.2. The van der Waals surface area contributed by atoms with E-state index in [0.717, 1.165) is 0 Å². The Morgan fingerprint density at radius 3 is 2.36 bits per heavy atom. The minimum absolute atomic E-state index is 0.182. The van der Waals surface area contributed by atoms with E-state index in [1.807, 2.05) is 13.8 Å². The molecule has 1 unspecified atom stereocenters. The minimum Gasteiger partial charge on any atom is -0.481 e. The van der Waals surface area contributed by atoms with Gasteiger partial charge in [-0.2, -0.15) is 0 Å². The molecule has 0 aromatic heterocycles. The SMILES string of the molecule is CC(C)CNC(=O)c1ccc(NC(=O)C(C)C(=O)O)cc1Cl. The standard InChI is InChI=1S/C15H19ClN2O4/c1-8(2)7-17-14(20)11-5-4-10(6-12(11)16)18-13(19)9(3)15(21)22/h4-6,8-9H,7H2,1-3H3,(H,17,20)(H,18,19)(H,21,22). The molecule has 0 aliphatic heterocycles. The van der Waals surface area contributed by atoms with Crippen LogP contribution in [0.15, 0.2) is 18.2 Å². The maximum atomic E-state index is 11.9. The van der Waals surface area contributed by atoms with E-state index in [-0.39, 0.29) is 10.9 Å². The normalized spacial score (nSPS) is 11.9. The molecule has 0 radical (unpaired) electrons. The molecule has 0 fully saturated rings. The fourth-order valence-electron chi connectivity index (χ4n) is 1.53. The molecule has 1 aromatic carbocycles. The van der Waals surface area contributed by atoms with Gasteiger partial charge in [-0.25, -0.2) is 0 Å². The van der Waals surface area contributed by atoms with Gasteiger partial charge in [-0.1, -0.05) is 25.4 Å².